The van der Waals surface area contributed by atoms with Crippen molar-refractivity contribution in [1.82, 2.24) is 19.2 Å². The van der Waals surface area contributed by atoms with Crippen LogP contribution in [0.4, 0.5) is 0 Å². The zero-order valence-corrected chi connectivity index (χ0v) is 10.3. The number of nitrogens with one attached hydrogen (secondary N) is 1. The largest absolute Gasteiger partial charge is 0.354 e. The van der Waals surface area contributed by atoms with E-state index in [1.165, 1.54) is 12.5 Å². The molecule has 1 fully saturated rings. The second kappa shape index (κ2) is 4.46. The first-order valence-corrected chi connectivity index (χ1v) is 6.76. The van der Waals surface area contributed by atoms with E-state index in [0.717, 1.165) is 4.31 Å². The molecule has 7 nitrogen and oxygen atoms in total. The van der Waals surface area contributed by atoms with Gasteiger partial charge in [-0.3, -0.25) is 4.79 Å². The van der Waals surface area contributed by atoms with Crippen molar-refractivity contribution in [3.8, 4) is 0 Å². The molecule has 17 heavy (non-hydrogen) atoms. The molecule has 0 unspecified atom stereocenters. The van der Waals surface area contributed by atoms with Crippen molar-refractivity contribution in [1.29, 1.82) is 0 Å². The lowest BCUT2D eigenvalue weighted by Gasteiger charge is -2.24. The van der Waals surface area contributed by atoms with Crippen LogP contribution in [0, 0.1) is 0 Å². The predicted molar refractivity (Wildman–Crippen MR) is 59.7 cm³/mol. The quantitative estimate of drug-likeness (QED) is 0.755. The summed E-state index contributed by atoms with van der Waals surface area (Å²) in [4.78, 5) is 15.0. The summed E-state index contributed by atoms with van der Waals surface area (Å²) in [5, 5.41) is 2.58. The van der Waals surface area contributed by atoms with Crippen LogP contribution in [0.3, 0.4) is 0 Å². The van der Waals surface area contributed by atoms with Crippen molar-refractivity contribution in [2.75, 3.05) is 19.6 Å². The number of rotatable bonds is 3. The van der Waals surface area contributed by atoms with E-state index < -0.39 is 10.0 Å². The molecule has 0 atom stereocenters. The van der Waals surface area contributed by atoms with Gasteiger partial charge in [-0.25, -0.2) is 13.4 Å². The Morgan fingerprint density at radius 1 is 1.53 bits per heavy atom. The van der Waals surface area contributed by atoms with Crippen molar-refractivity contribution in [2.24, 2.45) is 0 Å². The highest BCUT2D eigenvalue weighted by Gasteiger charge is 2.30. The van der Waals surface area contributed by atoms with Crippen LogP contribution in [-0.4, -0.2) is 47.8 Å². The van der Waals surface area contributed by atoms with E-state index in [2.05, 4.69) is 10.3 Å². The second-order valence-corrected chi connectivity index (χ2v) is 5.62. The Bertz CT molecular complexity index is 522. The Hall–Kier alpha value is -1.41. The van der Waals surface area contributed by atoms with Crippen molar-refractivity contribution in [2.45, 2.75) is 18.5 Å². The first kappa shape index (κ1) is 12.1. The van der Waals surface area contributed by atoms with Crippen LogP contribution in [-0.2, 0) is 21.4 Å². The SMILES string of the molecule is CCn1cnc(S(=O)(=O)N2CCNC(=O)C2)c1. The van der Waals surface area contributed by atoms with Crippen molar-refractivity contribution in [3.05, 3.63) is 12.5 Å². The van der Waals surface area contributed by atoms with E-state index in [1.54, 1.807) is 4.57 Å². The van der Waals surface area contributed by atoms with E-state index in [0.29, 0.717) is 13.1 Å². The molecule has 0 radical (unpaired) electrons. The van der Waals surface area contributed by atoms with Gasteiger partial charge in [0.2, 0.25) is 5.91 Å². The van der Waals surface area contributed by atoms with Gasteiger partial charge in [0, 0.05) is 25.8 Å². The number of sulfonamides is 1. The van der Waals surface area contributed by atoms with Crippen molar-refractivity contribution < 1.29 is 13.2 Å². The van der Waals surface area contributed by atoms with Gasteiger partial charge >= 0.3 is 0 Å². The summed E-state index contributed by atoms with van der Waals surface area (Å²) in [7, 11) is -3.64. The topological polar surface area (TPSA) is 84.3 Å². The third-order valence-electron chi connectivity index (χ3n) is 2.58. The molecule has 0 saturated carbocycles. The standard InChI is InChI=1S/C9H14N4O3S/c1-2-12-6-9(11-7-12)17(15,16)13-4-3-10-8(14)5-13/h6-7H,2-5H2,1H3,(H,10,14). The Labute approximate surface area is 99.5 Å². The third kappa shape index (κ3) is 2.32. The van der Waals surface area contributed by atoms with Crippen molar-refractivity contribution >= 4 is 15.9 Å². The number of nitrogens with zero attached hydrogens (tertiary/aromatic N) is 3. The minimum atomic E-state index is -3.64. The number of hydrogen-bond donors (Lipinski definition) is 1. The lowest BCUT2D eigenvalue weighted by Crippen LogP contribution is -2.49. The molecule has 2 rings (SSSR count). The molecule has 1 aromatic heterocycles. The van der Waals surface area contributed by atoms with Crippen LogP contribution in [0.25, 0.3) is 0 Å². The molecule has 94 valence electrons. The van der Waals surface area contributed by atoms with Crippen molar-refractivity contribution in [3.63, 3.8) is 0 Å². The first-order valence-electron chi connectivity index (χ1n) is 5.32. The normalized spacial score (nSPS) is 18.1. The summed E-state index contributed by atoms with van der Waals surface area (Å²) in [5.41, 5.74) is 0. The Morgan fingerprint density at radius 2 is 2.29 bits per heavy atom. The number of aryl methyl sites for hydroxylation is 1. The molecule has 0 spiro atoms. The summed E-state index contributed by atoms with van der Waals surface area (Å²) in [6.07, 6.45) is 2.94. The summed E-state index contributed by atoms with van der Waals surface area (Å²) in [6.45, 7) is 3.04. The van der Waals surface area contributed by atoms with E-state index in [-0.39, 0.29) is 24.0 Å². The van der Waals surface area contributed by atoms with Crippen LogP contribution in [0.5, 0.6) is 0 Å². The molecule has 1 aliphatic rings. The van der Waals surface area contributed by atoms with Gasteiger partial charge in [0.1, 0.15) is 0 Å². The minimum absolute atomic E-state index is 0.00551. The average molecular weight is 258 g/mol. The number of hydrogen-bond acceptors (Lipinski definition) is 4. The zero-order chi connectivity index (χ0) is 12.5. The molecule has 0 aliphatic carbocycles. The Kier molecular flexibility index (Phi) is 3.16. The fourth-order valence-corrected chi connectivity index (χ4v) is 2.93. The van der Waals surface area contributed by atoms with Gasteiger partial charge < -0.3 is 9.88 Å². The van der Waals surface area contributed by atoms with Gasteiger partial charge in [-0.05, 0) is 6.92 Å². The fraction of sp³-hybridized carbons (Fsp3) is 0.556. The molecule has 1 N–H and O–H groups in total. The molecule has 2 heterocycles. The number of amides is 1. The smallest absolute Gasteiger partial charge is 0.262 e. The highest BCUT2D eigenvalue weighted by molar-refractivity contribution is 7.89. The van der Waals surface area contributed by atoms with Gasteiger partial charge in [-0.1, -0.05) is 0 Å². The molecule has 0 aromatic carbocycles. The number of aromatic nitrogens is 2. The summed E-state index contributed by atoms with van der Waals surface area (Å²) in [6, 6.07) is 0. The first-order chi connectivity index (χ1) is 8.04. The number of carbonyl (C=O) groups excluding carboxylic acids is 1. The van der Waals surface area contributed by atoms with Gasteiger partial charge in [0.05, 0.1) is 12.9 Å². The number of carbonyl (C=O) groups is 1. The van der Waals surface area contributed by atoms with Crippen LogP contribution in [0.15, 0.2) is 17.6 Å². The Morgan fingerprint density at radius 3 is 2.88 bits per heavy atom. The van der Waals surface area contributed by atoms with Crippen LogP contribution in [0.2, 0.25) is 0 Å². The van der Waals surface area contributed by atoms with Crippen LogP contribution < -0.4 is 5.32 Å². The lowest BCUT2D eigenvalue weighted by molar-refractivity contribution is -0.122. The summed E-state index contributed by atoms with van der Waals surface area (Å²) < 4.78 is 27.1. The third-order valence-corrected chi connectivity index (χ3v) is 4.31. The second-order valence-electron chi connectivity index (χ2n) is 3.73. The summed E-state index contributed by atoms with van der Waals surface area (Å²) in [5.74, 6) is -0.283. The maximum Gasteiger partial charge on any atom is 0.262 e. The minimum Gasteiger partial charge on any atom is -0.354 e. The molecule has 1 aliphatic heterocycles. The molecular formula is C9H14N4O3S. The predicted octanol–water partition coefficient (Wildman–Crippen LogP) is -0.976. The van der Waals surface area contributed by atoms with E-state index in [4.69, 9.17) is 0 Å². The van der Waals surface area contributed by atoms with Gasteiger partial charge in [0.15, 0.2) is 5.03 Å². The maximum absolute atomic E-state index is 12.1. The van der Waals surface area contributed by atoms with Gasteiger partial charge in [0.25, 0.3) is 10.0 Å². The van der Waals surface area contributed by atoms with Gasteiger partial charge in [-0.15, -0.1) is 0 Å². The molecular weight excluding hydrogens is 244 g/mol. The highest BCUT2D eigenvalue weighted by atomic mass is 32.2. The lowest BCUT2D eigenvalue weighted by atomic mass is 10.4. The monoisotopic (exact) mass is 258 g/mol. The molecule has 1 saturated heterocycles. The summed E-state index contributed by atoms with van der Waals surface area (Å²) >= 11 is 0. The zero-order valence-electron chi connectivity index (χ0n) is 9.46. The fourth-order valence-electron chi connectivity index (χ4n) is 1.60. The number of piperazine rings is 1. The average Bonchev–Trinajstić information content (AvgIpc) is 2.78. The molecule has 0 bridgehead atoms. The van der Waals surface area contributed by atoms with Crippen LogP contribution >= 0.6 is 0 Å². The van der Waals surface area contributed by atoms with E-state index in [9.17, 15) is 13.2 Å². The molecule has 8 heteroatoms. The van der Waals surface area contributed by atoms with Gasteiger partial charge in [-0.2, -0.15) is 4.31 Å². The molecule has 1 aromatic rings. The van der Waals surface area contributed by atoms with E-state index in [1.807, 2.05) is 6.92 Å². The van der Waals surface area contributed by atoms with E-state index >= 15 is 0 Å². The number of imidazole rings is 1. The highest BCUT2D eigenvalue weighted by Crippen LogP contribution is 2.13. The maximum atomic E-state index is 12.1. The van der Waals surface area contributed by atoms with Crippen LogP contribution in [0.1, 0.15) is 6.92 Å². The Balaban J connectivity index is 2.26. The molecule has 1 amide bonds.